The summed E-state index contributed by atoms with van der Waals surface area (Å²) in [5.41, 5.74) is 1.84. The number of hydrogen-bond donors (Lipinski definition) is 1. The van der Waals surface area contributed by atoms with Crippen molar-refractivity contribution < 1.29 is 47.6 Å². The number of esters is 2. The molecule has 12 nitrogen and oxygen atoms in total. The minimum Gasteiger partial charge on any atom is -0.494 e. The van der Waals surface area contributed by atoms with Gasteiger partial charge in [0.25, 0.3) is 5.91 Å². The number of halogens is 1. The second kappa shape index (κ2) is 17.9. The van der Waals surface area contributed by atoms with Crippen LogP contribution in [0, 0.1) is 5.41 Å². The van der Waals surface area contributed by atoms with Crippen LogP contribution in [0.15, 0.2) is 60.7 Å². The Morgan fingerprint density at radius 2 is 1.73 bits per heavy atom. The molecule has 0 spiro atoms. The van der Waals surface area contributed by atoms with E-state index < -0.39 is 29.5 Å². The van der Waals surface area contributed by atoms with Gasteiger partial charge in [0.15, 0.2) is 11.5 Å². The number of fused-ring (bicyclic) bond motifs is 1. The summed E-state index contributed by atoms with van der Waals surface area (Å²) in [5.74, 6) is -0.0788. The van der Waals surface area contributed by atoms with E-state index in [0.29, 0.717) is 58.7 Å². The topological polar surface area (TPSA) is 139 Å². The summed E-state index contributed by atoms with van der Waals surface area (Å²) in [6.07, 6.45) is -1.68. The maximum Gasteiger partial charge on any atom is 0.309 e. The molecule has 4 rings (SSSR count). The van der Waals surface area contributed by atoms with Crippen molar-refractivity contribution in [1.82, 2.24) is 5.32 Å². The van der Waals surface area contributed by atoms with Crippen LogP contribution in [0.5, 0.6) is 17.2 Å². The number of methoxy groups -OCH3 is 3. The SMILES string of the molecule is COC(=O)Cc1ccc(OCCCNC(=O)C[C@H]2O[C@H](c3cccc(OC)c3OC)c3cc(Cl)ccc3N(CC(C)(C)COC(C)=O)C2=O)cc1. The van der Waals surface area contributed by atoms with Crippen LogP contribution < -0.4 is 24.4 Å². The number of nitrogens with zero attached hydrogens (tertiary/aromatic N) is 1. The summed E-state index contributed by atoms with van der Waals surface area (Å²) in [7, 11) is 4.39. The van der Waals surface area contributed by atoms with E-state index in [1.165, 1.54) is 28.3 Å². The molecule has 0 radical (unpaired) electrons. The molecule has 2 amide bonds. The molecule has 0 aromatic heterocycles. The zero-order valence-electron chi connectivity index (χ0n) is 29.8. The molecular formula is C38H45ClN2O10. The number of hydrogen-bond acceptors (Lipinski definition) is 10. The van der Waals surface area contributed by atoms with Gasteiger partial charge in [-0.2, -0.15) is 0 Å². The number of carbonyl (C=O) groups is 4. The van der Waals surface area contributed by atoms with Crippen LogP contribution in [0.2, 0.25) is 5.02 Å². The van der Waals surface area contributed by atoms with E-state index in [1.807, 2.05) is 19.9 Å². The van der Waals surface area contributed by atoms with Crippen LogP contribution in [0.3, 0.4) is 0 Å². The molecule has 2 atom stereocenters. The third-order valence-corrected chi connectivity index (χ3v) is 8.39. The van der Waals surface area contributed by atoms with Gasteiger partial charge in [0.2, 0.25) is 5.91 Å². The normalized spacial score (nSPS) is 15.7. The van der Waals surface area contributed by atoms with Crippen LogP contribution >= 0.6 is 11.6 Å². The van der Waals surface area contributed by atoms with Gasteiger partial charge in [-0.25, -0.2) is 0 Å². The first kappa shape index (κ1) is 39.0. The summed E-state index contributed by atoms with van der Waals surface area (Å²) >= 11 is 6.53. The molecule has 13 heteroatoms. The van der Waals surface area contributed by atoms with Crippen molar-refractivity contribution in [3.8, 4) is 17.2 Å². The molecule has 274 valence electrons. The minimum absolute atomic E-state index is 0.0634. The molecule has 1 aliphatic rings. The number of nitrogens with one attached hydrogen (secondary N) is 1. The van der Waals surface area contributed by atoms with Crippen LogP contribution in [-0.4, -0.2) is 77.5 Å². The second-order valence-electron chi connectivity index (χ2n) is 12.8. The van der Waals surface area contributed by atoms with Crippen LogP contribution in [-0.2, 0) is 39.8 Å². The third-order valence-electron chi connectivity index (χ3n) is 8.16. The molecule has 0 bridgehead atoms. The smallest absolute Gasteiger partial charge is 0.309 e. The number of anilines is 1. The maximum atomic E-state index is 14.4. The van der Waals surface area contributed by atoms with E-state index >= 15 is 0 Å². The van der Waals surface area contributed by atoms with Gasteiger partial charge in [-0.1, -0.05) is 49.7 Å². The maximum absolute atomic E-state index is 14.4. The lowest BCUT2D eigenvalue weighted by molar-refractivity contribution is -0.144. The predicted octanol–water partition coefficient (Wildman–Crippen LogP) is 5.46. The lowest BCUT2D eigenvalue weighted by Gasteiger charge is -2.33. The fourth-order valence-corrected chi connectivity index (χ4v) is 5.85. The first-order chi connectivity index (χ1) is 24.3. The molecule has 1 heterocycles. The summed E-state index contributed by atoms with van der Waals surface area (Å²) in [4.78, 5) is 52.5. The fourth-order valence-electron chi connectivity index (χ4n) is 5.67. The molecule has 0 saturated carbocycles. The van der Waals surface area contributed by atoms with E-state index in [2.05, 4.69) is 5.32 Å². The number of amides is 2. The van der Waals surface area contributed by atoms with Gasteiger partial charge in [0.05, 0.1) is 47.4 Å². The summed E-state index contributed by atoms with van der Waals surface area (Å²) in [6, 6.07) is 17.6. The molecule has 51 heavy (non-hydrogen) atoms. The highest BCUT2D eigenvalue weighted by atomic mass is 35.5. The number of rotatable bonds is 16. The lowest BCUT2D eigenvalue weighted by Crippen LogP contribution is -2.47. The Labute approximate surface area is 303 Å². The number of benzene rings is 3. The quantitative estimate of drug-likeness (QED) is 0.150. The van der Waals surface area contributed by atoms with E-state index in [0.717, 1.165) is 5.56 Å². The Kier molecular flexibility index (Phi) is 13.7. The molecule has 1 aliphatic heterocycles. The second-order valence-corrected chi connectivity index (χ2v) is 13.2. The Hall–Kier alpha value is -4.81. The highest BCUT2D eigenvalue weighted by Gasteiger charge is 2.41. The van der Waals surface area contributed by atoms with Gasteiger partial charge < -0.3 is 38.6 Å². The van der Waals surface area contributed by atoms with Gasteiger partial charge in [0, 0.05) is 47.3 Å². The standard InChI is InChI=1S/C38H45ClN2O10/c1-24(42)50-23-38(2,3)22-41-30-16-13-26(39)20-29(30)35(28-9-7-10-31(46-4)36(28)48-6)51-32(37(41)45)21-33(43)40-17-8-18-49-27-14-11-25(12-15-27)19-34(44)47-5/h7,9-16,20,32,35H,8,17-19,21-23H2,1-6H3,(H,40,43)/t32-,35-/m1/s1. The average molecular weight is 725 g/mol. The molecule has 0 unspecified atom stereocenters. The van der Waals surface area contributed by atoms with E-state index in [9.17, 15) is 19.2 Å². The lowest BCUT2D eigenvalue weighted by atomic mass is 9.92. The van der Waals surface area contributed by atoms with Crippen LogP contribution in [0.25, 0.3) is 0 Å². The van der Waals surface area contributed by atoms with Gasteiger partial charge in [-0.05, 0) is 48.4 Å². The Balaban J connectivity index is 1.54. The molecule has 0 fully saturated rings. The summed E-state index contributed by atoms with van der Waals surface area (Å²) < 4.78 is 33.7. The van der Waals surface area contributed by atoms with Gasteiger partial charge in [0.1, 0.15) is 18.0 Å². The van der Waals surface area contributed by atoms with E-state index in [4.69, 9.17) is 40.0 Å². The fraction of sp³-hybridized carbons (Fsp3) is 0.421. The van der Waals surface area contributed by atoms with E-state index in [-0.39, 0.29) is 37.9 Å². The van der Waals surface area contributed by atoms with Gasteiger partial charge in [-0.3, -0.25) is 19.2 Å². The Morgan fingerprint density at radius 1 is 0.980 bits per heavy atom. The highest BCUT2D eigenvalue weighted by molar-refractivity contribution is 6.30. The third kappa shape index (κ3) is 10.6. The van der Waals surface area contributed by atoms with Crippen LogP contribution in [0.1, 0.15) is 56.4 Å². The minimum atomic E-state index is -1.21. The van der Waals surface area contributed by atoms with Crippen molar-refractivity contribution in [2.45, 2.75) is 52.2 Å². The molecule has 0 saturated heterocycles. The largest absolute Gasteiger partial charge is 0.494 e. The van der Waals surface area contributed by atoms with Crippen molar-refractivity contribution in [3.63, 3.8) is 0 Å². The van der Waals surface area contributed by atoms with E-state index in [1.54, 1.807) is 59.5 Å². The average Bonchev–Trinajstić information content (AvgIpc) is 3.21. The molecule has 0 aliphatic carbocycles. The van der Waals surface area contributed by atoms with Crippen LogP contribution in [0.4, 0.5) is 5.69 Å². The predicted molar refractivity (Wildman–Crippen MR) is 190 cm³/mol. The van der Waals surface area contributed by atoms with Crippen molar-refractivity contribution in [3.05, 3.63) is 82.4 Å². The summed E-state index contributed by atoms with van der Waals surface area (Å²) in [5, 5.41) is 3.29. The highest BCUT2D eigenvalue weighted by Crippen LogP contribution is 2.45. The summed E-state index contributed by atoms with van der Waals surface area (Å²) in [6.45, 7) is 5.93. The van der Waals surface area contributed by atoms with Gasteiger partial charge in [-0.15, -0.1) is 0 Å². The molecule has 3 aromatic carbocycles. The first-order valence-electron chi connectivity index (χ1n) is 16.5. The molecule has 1 N–H and O–H groups in total. The van der Waals surface area contributed by atoms with Gasteiger partial charge >= 0.3 is 11.9 Å². The van der Waals surface area contributed by atoms with Crippen molar-refractivity contribution in [2.75, 3.05) is 52.5 Å². The Morgan fingerprint density at radius 3 is 2.39 bits per heavy atom. The molecular weight excluding hydrogens is 680 g/mol. The molecule has 3 aromatic rings. The zero-order valence-corrected chi connectivity index (χ0v) is 30.5. The Bertz CT molecular complexity index is 1690. The van der Waals surface area contributed by atoms with Crippen molar-refractivity contribution in [1.29, 1.82) is 0 Å². The van der Waals surface area contributed by atoms with Crippen molar-refractivity contribution in [2.24, 2.45) is 5.41 Å². The first-order valence-corrected chi connectivity index (χ1v) is 16.9. The zero-order chi connectivity index (χ0) is 37.1. The monoisotopic (exact) mass is 724 g/mol. The number of ether oxygens (including phenoxy) is 6. The number of carbonyl (C=O) groups excluding carboxylic acids is 4. The van der Waals surface area contributed by atoms with Crippen molar-refractivity contribution >= 4 is 41.0 Å². The number of para-hydroxylation sites is 1.